The number of hydrogen-bond acceptors (Lipinski definition) is 3. The van der Waals surface area contributed by atoms with Crippen LogP contribution < -0.4 is 0 Å². The lowest BCUT2D eigenvalue weighted by atomic mass is 10.2. The monoisotopic (exact) mass is 259 g/mol. The minimum atomic E-state index is -3.13. The van der Waals surface area contributed by atoms with E-state index in [2.05, 4.69) is 4.99 Å². The highest BCUT2D eigenvalue weighted by atomic mass is 32.2. The summed E-state index contributed by atoms with van der Waals surface area (Å²) in [5.74, 6) is 0. The molecule has 3 nitrogen and oxygen atoms in total. The van der Waals surface area contributed by atoms with Gasteiger partial charge < -0.3 is 0 Å². The molecular formula is C14H13NO2S. The Morgan fingerprint density at radius 1 is 0.944 bits per heavy atom. The largest absolute Gasteiger partial charge is 0.256 e. The van der Waals surface area contributed by atoms with E-state index in [9.17, 15) is 8.42 Å². The Balaban J connectivity index is 2.19. The first kappa shape index (κ1) is 12.5. The molecule has 2 aromatic carbocycles. The molecule has 0 saturated heterocycles. The molecule has 0 aliphatic rings. The lowest BCUT2D eigenvalue weighted by molar-refractivity contribution is 0.602. The van der Waals surface area contributed by atoms with Gasteiger partial charge in [-0.05, 0) is 29.8 Å². The molecule has 0 aliphatic heterocycles. The Labute approximate surface area is 107 Å². The number of hydrogen-bond donors (Lipinski definition) is 0. The standard InChI is InChI=1S/C14H13NO2S/c1-18(16,17)14-9-7-12(8-10-14)11-15-13-5-3-2-4-6-13/h2-11H,1H3/b15-11+. The van der Waals surface area contributed by atoms with Crippen LogP contribution in [0.1, 0.15) is 5.56 Å². The van der Waals surface area contributed by atoms with Crippen LogP contribution in [0.3, 0.4) is 0 Å². The molecule has 92 valence electrons. The van der Waals surface area contributed by atoms with Crippen molar-refractivity contribution in [3.05, 3.63) is 60.2 Å². The van der Waals surface area contributed by atoms with Crippen LogP contribution in [0.25, 0.3) is 0 Å². The lowest BCUT2D eigenvalue weighted by Crippen LogP contribution is -1.96. The molecule has 0 N–H and O–H groups in total. The summed E-state index contributed by atoms with van der Waals surface area (Å²) in [5, 5.41) is 0. The molecule has 2 rings (SSSR count). The molecule has 0 unspecified atom stereocenters. The minimum absolute atomic E-state index is 0.319. The van der Waals surface area contributed by atoms with Gasteiger partial charge in [-0.25, -0.2) is 8.42 Å². The summed E-state index contributed by atoms with van der Waals surface area (Å²) in [7, 11) is -3.13. The smallest absolute Gasteiger partial charge is 0.175 e. The summed E-state index contributed by atoms with van der Waals surface area (Å²) >= 11 is 0. The first-order valence-corrected chi connectivity index (χ1v) is 7.34. The van der Waals surface area contributed by atoms with Gasteiger partial charge in [-0.2, -0.15) is 0 Å². The van der Waals surface area contributed by atoms with Gasteiger partial charge in [-0.15, -0.1) is 0 Å². The molecule has 0 fully saturated rings. The van der Waals surface area contributed by atoms with Crippen LogP contribution in [-0.4, -0.2) is 20.9 Å². The van der Waals surface area contributed by atoms with E-state index in [1.165, 1.54) is 6.26 Å². The van der Waals surface area contributed by atoms with Crippen molar-refractivity contribution in [1.82, 2.24) is 0 Å². The van der Waals surface area contributed by atoms with Gasteiger partial charge in [0, 0.05) is 12.5 Å². The third kappa shape index (κ3) is 3.28. The van der Waals surface area contributed by atoms with Crippen molar-refractivity contribution < 1.29 is 8.42 Å². The zero-order chi connectivity index (χ0) is 13.0. The highest BCUT2D eigenvalue weighted by molar-refractivity contribution is 7.90. The van der Waals surface area contributed by atoms with Crippen LogP contribution in [0.15, 0.2) is 64.5 Å². The topological polar surface area (TPSA) is 46.5 Å². The molecule has 4 heteroatoms. The quantitative estimate of drug-likeness (QED) is 0.796. The number of para-hydroxylation sites is 1. The molecule has 0 aromatic heterocycles. The van der Waals surface area contributed by atoms with Crippen molar-refractivity contribution in [2.45, 2.75) is 4.90 Å². The Kier molecular flexibility index (Phi) is 3.58. The van der Waals surface area contributed by atoms with Crippen LogP contribution >= 0.6 is 0 Å². The summed E-state index contributed by atoms with van der Waals surface area (Å²) in [6.45, 7) is 0. The summed E-state index contributed by atoms with van der Waals surface area (Å²) < 4.78 is 22.6. The van der Waals surface area contributed by atoms with Gasteiger partial charge in [0.25, 0.3) is 0 Å². The minimum Gasteiger partial charge on any atom is -0.256 e. The average Bonchev–Trinajstić information content (AvgIpc) is 2.37. The van der Waals surface area contributed by atoms with Crippen molar-refractivity contribution in [2.24, 2.45) is 4.99 Å². The molecular weight excluding hydrogens is 246 g/mol. The van der Waals surface area contributed by atoms with Crippen LogP contribution in [0, 0.1) is 0 Å². The number of sulfone groups is 1. The molecule has 0 atom stereocenters. The Morgan fingerprint density at radius 3 is 2.11 bits per heavy atom. The second-order valence-corrected chi connectivity index (χ2v) is 5.95. The van der Waals surface area contributed by atoms with Crippen LogP contribution in [0.4, 0.5) is 5.69 Å². The highest BCUT2D eigenvalue weighted by Crippen LogP contribution is 2.12. The number of benzene rings is 2. The van der Waals surface area contributed by atoms with E-state index < -0.39 is 9.84 Å². The Morgan fingerprint density at radius 2 is 1.56 bits per heavy atom. The van der Waals surface area contributed by atoms with Crippen molar-refractivity contribution in [3.63, 3.8) is 0 Å². The Hall–Kier alpha value is -1.94. The highest BCUT2D eigenvalue weighted by Gasteiger charge is 2.05. The maximum absolute atomic E-state index is 11.3. The first-order valence-electron chi connectivity index (χ1n) is 5.45. The number of aliphatic imine (C=N–C) groups is 1. The lowest BCUT2D eigenvalue weighted by Gasteiger charge is -1.98. The SMILES string of the molecule is CS(=O)(=O)c1ccc(/C=N/c2ccccc2)cc1. The fraction of sp³-hybridized carbons (Fsp3) is 0.0714. The third-order valence-corrected chi connectivity index (χ3v) is 3.56. The van der Waals surface area contributed by atoms with E-state index >= 15 is 0 Å². The van der Waals surface area contributed by atoms with Gasteiger partial charge in [-0.1, -0.05) is 30.3 Å². The summed E-state index contributed by atoms with van der Waals surface area (Å²) in [6.07, 6.45) is 2.90. The van der Waals surface area contributed by atoms with Crippen molar-refractivity contribution in [3.8, 4) is 0 Å². The van der Waals surface area contributed by atoms with Crippen LogP contribution in [0.2, 0.25) is 0 Å². The van der Waals surface area contributed by atoms with Gasteiger partial charge in [0.15, 0.2) is 9.84 Å². The molecule has 0 saturated carbocycles. The number of rotatable bonds is 3. The van der Waals surface area contributed by atoms with E-state index in [-0.39, 0.29) is 0 Å². The first-order chi connectivity index (χ1) is 8.55. The molecule has 0 spiro atoms. The fourth-order valence-corrected chi connectivity index (χ4v) is 2.09. The zero-order valence-electron chi connectivity index (χ0n) is 9.95. The van der Waals surface area contributed by atoms with E-state index in [1.54, 1.807) is 30.5 Å². The normalized spacial score (nSPS) is 11.8. The third-order valence-electron chi connectivity index (χ3n) is 2.43. The second-order valence-electron chi connectivity index (χ2n) is 3.93. The van der Waals surface area contributed by atoms with Crippen molar-refractivity contribution in [2.75, 3.05) is 6.26 Å². The maximum Gasteiger partial charge on any atom is 0.175 e. The molecule has 2 aromatic rings. The maximum atomic E-state index is 11.3. The molecule has 0 aliphatic carbocycles. The van der Waals surface area contributed by atoms with Crippen LogP contribution in [-0.2, 0) is 9.84 Å². The van der Waals surface area contributed by atoms with Gasteiger partial charge in [-0.3, -0.25) is 4.99 Å². The van der Waals surface area contributed by atoms with Gasteiger partial charge >= 0.3 is 0 Å². The predicted octanol–water partition coefficient (Wildman–Crippen LogP) is 2.84. The Bertz CT molecular complexity index is 644. The van der Waals surface area contributed by atoms with E-state index in [4.69, 9.17) is 0 Å². The van der Waals surface area contributed by atoms with E-state index in [0.29, 0.717) is 4.90 Å². The molecule has 0 heterocycles. The molecule has 0 bridgehead atoms. The average molecular weight is 259 g/mol. The van der Waals surface area contributed by atoms with Gasteiger partial charge in [0.2, 0.25) is 0 Å². The molecule has 0 radical (unpaired) electrons. The number of nitrogens with zero attached hydrogens (tertiary/aromatic N) is 1. The van der Waals surface area contributed by atoms with Crippen molar-refractivity contribution >= 4 is 21.7 Å². The van der Waals surface area contributed by atoms with Gasteiger partial charge in [0.05, 0.1) is 10.6 Å². The fourth-order valence-electron chi connectivity index (χ4n) is 1.46. The van der Waals surface area contributed by atoms with Crippen LogP contribution in [0.5, 0.6) is 0 Å². The summed E-state index contributed by atoms with van der Waals surface area (Å²) in [6, 6.07) is 16.2. The van der Waals surface area contributed by atoms with E-state index in [0.717, 1.165) is 11.3 Å². The summed E-state index contributed by atoms with van der Waals surface area (Å²) in [5.41, 5.74) is 1.73. The summed E-state index contributed by atoms with van der Waals surface area (Å²) in [4.78, 5) is 4.61. The predicted molar refractivity (Wildman–Crippen MR) is 73.2 cm³/mol. The molecule has 18 heavy (non-hydrogen) atoms. The van der Waals surface area contributed by atoms with Gasteiger partial charge in [0.1, 0.15) is 0 Å². The zero-order valence-corrected chi connectivity index (χ0v) is 10.8. The van der Waals surface area contributed by atoms with Crippen molar-refractivity contribution in [1.29, 1.82) is 0 Å². The second kappa shape index (κ2) is 5.14. The van der Waals surface area contributed by atoms with E-state index in [1.807, 2.05) is 30.3 Å². The molecule has 0 amide bonds.